The Balaban J connectivity index is 2.37. The summed E-state index contributed by atoms with van der Waals surface area (Å²) in [6.45, 7) is 0. The Labute approximate surface area is 119 Å². The minimum absolute atomic E-state index is 0.0322. The van der Waals surface area contributed by atoms with Crippen molar-refractivity contribution in [2.45, 2.75) is 0 Å². The maximum Gasteiger partial charge on any atom is 0.147 e. The van der Waals surface area contributed by atoms with Gasteiger partial charge in [0.15, 0.2) is 0 Å². The summed E-state index contributed by atoms with van der Waals surface area (Å²) in [5.41, 5.74) is 6.75. The van der Waals surface area contributed by atoms with Crippen molar-refractivity contribution < 1.29 is 8.78 Å². The van der Waals surface area contributed by atoms with Crippen LogP contribution in [0.15, 0.2) is 39.3 Å². The van der Waals surface area contributed by atoms with Crippen LogP contribution in [0.5, 0.6) is 0 Å². The van der Waals surface area contributed by atoms with Crippen LogP contribution < -0.4 is 11.1 Å². The summed E-state index contributed by atoms with van der Waals surface area (Å²) < 4.78 is 27.8. The second-order valence-electron chi connectivity index (χ2n) is 3.60. The summed E-state index contributed by atoms with van der Waals surface area (Å²) >= 11 is 6.19. The smallest absolute Gasteiger partial charge is 0.147 e. The topological polar surface area (TPSA) is 38.0 Å². The lowest BCUT2D eigenvalue weighted by Crippen LogP contribution is -1.99. The van der Waals surface area contributed by atoms with E-state index in [1.165, 1.54) is 0 Å². The van der Waals surface area contributed by atoms with E-state index < -0.39 is 11.6 Å². The van der Waals surface area contributed by atoms with Gasteiger partial charge >= 0.3 is 0 Å². The molecule has 0 saturated heterocycles. The first-order valence-corrected chi connectivity index (χ1v) is 6.52. The van der Waals surface area contributed by atoms with Gasteiger partial charge in [0.25, 0.3) is 0 Å². The lowest BCUT2D eigenvalue weighted by Gasteiger charge is -2.11. The van der Waals surface area contributed by atoms with E-state index in [4.69, 9.17) is 5.73 Å². The van der Waals surface area contributed by atoms with Crippen LogP contribution in [-0.2, 0) is 0 Å². The Morgan fingerprint density at radius 2 is 1.67 bits per heavy atom. The Kier molecular flexibility index (Phi) is 3.87. The summed E-state index contributed by atoms with van der Waals surface area (Å²) in [5.74, 6) is -1.11. The molecule has 0 fully saturated rings. The molecule has 2 rings (SSSR count). The molecule has 0 radical (unpaired) electrons. The molecule has 6 heteroatoms. The van der Waals surface area contributed by atoms with Crippen molar-refractivity contribution >= 4 is 48.9 Å². The molecule has 2 aromatic carbocycles. The van der Waals surface area contributed by atoms with Crippen LogP contribution in [0.1, 0.15) is 0 Å². The van der Waals surface area contributed by atoms with Gasteiger partial charge in [0.05, 0.1) is 21.5 Å². The standard InChI is InChI=1S/C12H8Br2F2N2/c13-6-1-2-11(10(17)3-6)18-12-5-8(15)7(14)4-9(12)16/h1-5,18H,17H2. The van der Waals surface area contributed by atoms with Crippen LogP contribution >= 0.6 is 31.9 Å². The van der Waals surface area contributed by atoms with Gasteiger partial charge in [-0.1, -0.05) is 15.9 Å². The average molecular weight is 378 g/mol. The minimum Gasteiger partial charge on any atom is -0.397 e. The van der Waals surface area contributed by atoms with E-state index in [1.54, 1.807) is 18.2 Å². The van der Waals surface area contributed by atoms with Crippen LogP contribution in [0.3, 0.4) is 0 Å². The number of benzene rings is 2. The molecule has 2 nitrogen and oxygen atoms in total. The van der Waals surface area contributed by atoms with E-state index in [2.05, 4.69) is 37.2 Å². The number of anilines is 3. The molecule has 0 atom stereocenters. The molecule has 0 aliphatic carbocycles. The molecular formula is C12H8Br2F2N2. The maximum atomic E-state index is 13.6. The van der Waals surface area contributed by atoms with Crippen LogP contribution in [0.2, 0.25) is 0 Å². The van der Waals surface area contributed by atoms with E-state index in [0.717, 1.165) is 16.6 Å². The third-order valence-corrected chi connectivity index (χ3v) is 3.39. The lowest BCUT2D eigenvalue weighted by molar-refractivity contribution is 0.598. The van der Waals surface area contributed by atoms with Crippen LogP contribution in [0, 0.1) is 11.6 Å². The van der Waals surface area contributed by atoms with Gasteiger partial charge in [-0.25, -0.2) is 8.78 Å². The highest BCUT2D eigenvalue weighted by Gasteiger charge is 2.09. The van der Waals surface area contributed by atoms with E-state index in [1.807, 2.05) is 0 Å². The number of hydrogen-bond donors (Lipinski definition) is 2. The quantitative estimate of drug-likeness (QED) is 0.581. The monoisotopic (exact) mass is 376 g/mol. The van der Waals surface area contributed by atoms with Crippen molar-refractivity contribution in [1.82, 2.24) is 0 Å². The van der Waals surface area contributed by atoms with E-state index in [9.17, 15) is 8.78 Å². The highest BCUT2D eigenvalue weighted by molar-refractivity contribution is 9.10. The summed E-state index contributed by atoms with van der Waals surface area (Å²) in [7, 11) is 0. The first-order valence-electron chi connectivity index (χ1n) is 4.94. The minimum atomic E-state index is -0.564. The van der Waals surface area contributed by atoms with Gasteiger partial charge in [-0.15, -0.1) is 0 Å². The second kappa shape index (κ2) is 5.24. The normalized spacial score (nSPS) is 10.4. The zero-order valence-electron chi connectivity index (χ0n) is 8.98. The molecular weight excluding hydrogens is 370 g/mol. The van der Waals surface area contributed by atoms with Crippen LogP contribution in [-0.4, -0.2) is 0 Å². The largest absolute Gasteiger partial charge is 0.397 e. The molecule has 0 saturated carbocycles. The van der Waals surface area contributed by atoms with Crippen molar-refractivity contribution in [1.29, 1.82) is 0 Å². The van der Waals surface area contributed by atoms with Crippen LogP contribution in [0.25, 0.3) is 0 Å². The Morgan fingerprint density at radius 1 is 0.944 bits per heavy atom. The third-order valence-electron chi connectivity index (χ3n) is 2.29. The number of halogens is 4. The molecule has 0 spiro atoms. The van der Waals surface area contributed by atoms with Gasteiger partial charge in [0.2, 0.25) is 0 Å². The number of rotatable bonds is 2. The fraction of sp³-hybridized carbons (Fsp3) is 0. The zero-order chi connectivity index (χ0) is 13.3. The first kappa shape index (κ1) is 13.3. The fourth-order valence-electron chi connectivity index (χ4n) is 1.41. The molecule has 0 bridgehead atoms. The SMILES string of the molecule is Nc1cc(Br)ccc1Nc1cc(F)c(Br)cc1F. The highest BCUT2D eigenvalue weighted by atomic mass is 79.9. The highest BCUT2D eigenvalue weighted by Crippen LogP contribution is 2.29. The zero-order valence-corrected chi connectivity index (χ0v) is 12.1. The van der Waals surface area contributed by atoms with Crippen molar-refractivity contribution in [3.05, 3.63) is 50.9 Å². The summed E-state index contributed by atoms with van der Waals surface area (Å²) in [4.78, 5) is 0. The summed E-state index contributed by atoms with van der Waals surface area (Å²) in [5, 5.41) is 2.75. The van der Waals surface area contributed by atoms with Crippen molar-refractivity contribution in [3.63, 3.8) is 0 Å². The molecule has 0 aliphatic rings. The van der Waals surface area contributed by atoms with E-state index in [0.29, 0.717) is 11.4 Å². The molecule has 18 heavy (non-hydrogen) atoms. The van der Waals surface area contributed by atoms with Gasteiger partial charge in [0.1, 0.15) is 11.6 Å². The van der Waals surface area contributed by atoms with Crippen LogP contribution in [0.4, 0.5) is 25.8 Å². The van der Waals surface area contributed by atoms with E-state index in [-0.39, 0.29) is 10.2 Å². The molecule has 0 unspecified atom stereocenters. The average Bonchev–Trinajstić information content (AvgIpc) is 2.29. The van der Waals surface area contributed by atoms with Crippen molar-refractivity contribution in [2.75, 3.05) is 11.1 Å². The van der Waals surface area contributed by atoms with Crippen molar-refractivity contribution in [2.24, 2.45) is 0 Å². The lowest BCUT2D eigenvalue weighted by atomic mass is 10.2. The molecule has 0 aliphatic heterocycles. The number of nitrogens with two attached hydrogens (primary N) is 1. The van der Waals surface area contributed by atoms with Gasteiger partial charge in [0, 0.05) is 10.5 Å². The number of nitrogens with one attached hydrogen (secondary N) is 1. The Bertz CT molecular complexity index is 603. The summed E-state index contributed by atoms with van der Waals surface area (Å²) in [6.07, 6.45) is 0. The van der Waals surface area contributed by atoms with Gasteiger partial charge < -0.3 is 11.1 Å². The Hall–Kier alpha value is -1.14. The van der Waals surface area contributed by atoms with Crippen molar-refractivity contribution in [3.8, 4) is 0 Å². The molecule has 0 heterocycles. The predicted molar refractivity (Wildman–Crippen MR) is 75.9 cm³/mol. The second-order valence-corrected chi connectivity index (χ2v) is 5.37. The number of nitrogen functional groups attached to an aromatic ring is 1. The first-order chi connectivity index (χ1) is 8.47. The van der Waals surface area contributed by atoms with E-state index >= 15 is 0 Å². The molecule has 0 aromatic heterocycles. The maximum absolute atomic E-state index is 13.6. The fourth-order valence-corrected chi connectivity index (χ4v) is 2.11. The molecule has 2 aromatic rings. The predicted octanol–water partition coefficient (Wildman–Crippen LogP) is 4.82. The molecule has 0 amide bonds. The number of hydrogen-bond acceptors (Lipinski definition) is 2. The van der Waals surface area contributed by atoms with Gasteiger partial charge in [-0.3, -0.25) is 0 Å². The Morgan fingerprint density at radius 3 is 2.33 bits per heavy atom. The summed E-state index contributed by atoms with van der Waals surface area (Å²) in [6, 6.07) is 7.24. The molecule has 3 N–H and O–H groups in total. The van der Waals surface area contributed by atoms with Gasteiger partial charge in [-0.05, 0) is 40.2 Å². The third kappa shape index (κ3) is 2.81. The molecule has 94 valence electrons. The van der Waals surface area contributed by atoms with Gasteiger partial charge in [-0.2, -0.15) is 0 Å².